The average Bonchev–Trinajstić information content (AvgIpc) is 3.16. The molecule has 1 unspecified atom stereocenters. The summed E-state index contributed by atoms with van der Waals surface area (Å²) < 4.78 is 20.2. The SMILES string of the molecule is COP(=O)(O)OCCCCCCCCCCCCNC(=O)C1CCCC1. The van der Waals surface area contributed by atoms with Crippen LogP contribution in [-0.4, -0.2) is 31.1 Å². The van der Waals surface area contributed by atoms with E-state index in [1.807, 2.05) is 0 Å². The van der Waals surface area contributed by atoms with Crippen LogP contribution in [0.2, 0.25) is 0 Å². The van der Waals surface area contributed by atoms with E-state index < -0.39 is 7.82 Å². The van der Waals surface area contributed by atoms with Gasteiger partial charge in [0.1, 0.15) is 0 Å². The number of hydrogen-bond donors (Lipinski definition) is 2. The number of carbonyl (C=O) groups is 1. The van der Waals surface area contributed by atoms with Gasteiger partial charge < -0.3 is 10.2 Å². The summed E-state index contributed by atoms with van der Waals surface area (Å²) in [7, 11) is -2.62. The van der Waals surface area contributed by atoms with Crippen LogP contribution >= 0.6 is 7.82 Å². The molecule has 7 heteroatoms. The second kappa shape index (κ2) is 14.6. The van der Waals surface area contributed by atoms with Gasteiger partial charge in [0, 0.05) is 19.6 Å². The van der Waals surface area contributed by atoms with E-state index in [1.54, 1.807) is 0 Å². The lowest BCUT2D eigenvalue weighted by Crippen LogP contribution is -2.30. The third kappa shape index (κ3) is 12.1. The minimum Gasteiger partial charge on any atom is -0.356 e. The minimum absolute atomic E-state index is 0.275. The van der Waals surface area contributed by atoms with E-state index >= 15 is 0 Å². The molecular weight excluding hydrogens is 353 g/mol. The fourth-order valence-electron chi connectivity index (χ4n) is 3.42. The zero-order valence-corrected chi connectivity index (χ0v) is 17.3. The van der Waals surface area contributed by atoms with Gasteiger partial charge in [-0.25, -0.2) is 4.57 Å². The van der Waals surface area contributed by atoms with Crippen LogP contribution in [0, 0.1) is 5.92 Å². The van der Waals surface area contributed by atoms with Gasteiger partial charge in [-0.05, 0) is 25.7 Å². The first-order valence-corrected chi connectivity index (χ1v) is 11.9. The monoisotopic (exact) mass is 391 g/mol. The maximum atomic E-state index is 11.9. The van der Waals surface area contributed by atoms with Gasteiger partial charge in [0.25, 0.3) is 0 Å². The number of amides is 1. The number of nitrogens with one attached hydrogen (secondary N) is 1. The van der Waals surface area contributed by atoms with E-state index in [9.17, 15) is 9.36 Å². The summed E-state index contributed by atoms with van der Waals surface area (Å²) in [5, 5.41) is 3.08. The summed E-state index contributed by atoms with van der Waals surface area (Å²) in [4.78, 5) is 20.9. The lowest BCUT2D eigenvalue weighted by atomic mass is 10.1. The fraction of sp³-hybridized carbons (Fsp3) is 0.947. The Kier molecular flexibility index (Phi) is 13.3. The molecule has 1 amide bonds. The molecule has 0 aliphatic heterocycles. The van der Waals surface area contributed by atoms with Crippen LogP contribution in [0.25, 0.3) is 0 Å². The van der Waals surface area contributed by atoms with Crippen molar-refractivity contribution in [1.82, 2.24) is 5.32 Å². The summed E-state index contributed by atoms with van der Waals surface area (Å²) in [5.41, 5.74) is 0. The van der Waals surface area contributed by atoms with Gasteiger partial charge >= 0.3 is 7.82 Å². The molecule has 154 valence electrons. The number of hydrogen-bond acceptors (Lipinski definition) is 4. The van der Waals surface area contributed by atoms with Crippen molar-refractivity contribution in [3.8, 4) is 0 Å². The highest BCUT2D eigenvalue weighted by Crippen LogP contribution is 2.41. The maximum Gasteiger partial charge on any atom is 0.471 e. The predicted octanol–water partition coefficient (Wildman–Crippen LogP) is 4.96. The van der Waals surface area contributed by atoms with Crippen molar-refractivity contribution in [3.05, 3.63) is 0 Å². The first kappa shape index (κ1) is 23.6. The van der Waals surface area contributed by atoms with E-state index in [1.165, 1.54) is 58.5 Å². The number of carbonyl (C=O) groups excluding carboxylic acids is 1. The van der Waals surface area contributed by atoms with Gasteiger partial charge in [-0.1, -0.05) is 64.2 Å². The predicted molar refractivity (Wildman–Crippen MR) is 104 cm³/mol. The number of phosphoric ester groups is 1. The lowest BCUT2D eigenvalue weighted by Gasteiger charge is -2.10. The molecule has 1 aliphatic carbocycles. The third-order valence-corrected chi connectivity index (χ3v) is 6.05. The van der Waals surface area contributed by atoms with Crippen molar-refractivity contribution in [3.63, 3.8) is 0 Å². The smallest absolute Gasteiger partial charge is 0.356 e. The van der Waals surface area contributed by atoms with Crippen LogP contribution in [0.15, 0.2) is 0 Å². The number of unbranched alkanes of at least 4 members (excludes halogenated alkanes) is 9. The largest absolute Gasteiger partial charge is 0.471 e. The van der Waals surface area contributed by atoms with Crippen molar-refractivity contribution in [2.24, 2.45) is 5.92 Å². The second-order valence-corrected chi connectivity index (χ2v) is 8.85. The van der Waals surface area contributed by atoms with E-state index in [4.69, 9.17) is 9.42 Å². The van der Waals surface area contributed by atoms with Gasteiger partial charge in [0.15, 0.2) is 0 Å². The van der Waals surface area contributed by atoms with Gasteiger partial charge in [0.05, 0.1) is 6.61 Å². The molecular formula is C19H38NO5P. The Morgan fingerprint density at radius 1 is 0.962 bits per heavy atom. The summed E-state index contributed by atoms with van der Waals surface area (Å²) in [6.07, 6.45) is 16.0. The van der Waals surface area contributed by atoms with Crippen molar-refractivity contribution < 1.29 is 23.3 Å². The molecule has 0 radical (unpaired) electrons. The molecule has 0 aromatic rings. The summed E-state index contributed by atoms with van der Waals surface area (Å²) in [6.45, 7) is 1.11. The Morgan fingerprint density at radius 2 is 1.46 bits per heavy atom. The van der Waals surface area contributed by atoms with Gasteiger partial charge in [-0.3, -0.25) is 13.8 Å². The molecule has 0 aromatic heterocycles. The van der Waals surface area contributed by atoms with Crippen molar-refractivity contribution in [1.29, 1.82) is 0 Å². The van der Waals surface area contributed by atoms with E-state index in [0.717, 1.165) is 45.1 Å². The number of rotatable bonds is 16. The first-order valence-electron chi connectivity index (χ1n) is 10.4. The zero-order chi connectivity index (χ0) is 19.1. The fourth-order valence-corrected chi connectivity index (χ4v) is 3.88. The van der Waals surface area contributed by atoms with Crippen LogP contribution < -0.4 is 5.32 Å². The Morgan fingerprint density at radius 3 is 2.00 bits per heavy atom. The molecule has 1 saturated carbocycles. The quantitative estimate of drug-likeness (QED) is 0.287. The molecule has 6 nitrogen and oxygen atoms in total. The molecule has 1 rings (SSSR count). The number of phosphoric acid groups is 1. The van der Waals surface area contributed by atoms with Gasteiger partial charge in [-0.15, -0.1) is 0 Å². The molecule has 0 saturated heterocycles. The normalized spacial score (nSPS) is 17.3. The molecule has 2 N–H and O–H groups in total. The molecule has 0 spiro atoms. The topological polar surface area (TPSA) is 84.9 Å². The highest BCUT2D eigenvalue weighted by atomic mass is 31.2. The zero-order valence-electron chi connectivity index (χ0n) is 16.4. The van der Waals surface area contributed by atoms with Crippen LogP contribution in [0.5, 0.6) is 0 Å². The Hall–Kier alpha value is -0.420. The molecule has 26 heavy (non-hydrogen) atoms. The van der Waals surface area contributed by atoms with E-state index in [2.05, 4.69) is 9.84 Å². The molecule has 0 aromatic carbocycles. The highest BCUT2D eigenvalue weighted by molar-refractivity contribution is 7.47. The van der Waals surface area contributed by atoms with Crippen LogP contribution in [0.4, 0.5) is 0 Å². The van der Waals surface area contributed by atoms with Crippen molar-refractivity contribution >= 4 is 13.7 Å². The summed E-state index contributed by atoms with van der Waals surface area (Å²) in [6, 6.07) is 0. The van der Waals surface area contributed by atoms with Crippen LogP contribution in [0.3, 0.4) is 0 Å². The lowest BCUT2D eigenvalue weighted by molar-refractivity contribution is -0.124. The van der Waals surface area contributed by atoms with Crippen LogP contribution in [0.1, 0.15) is 89.9 Å². The molecule has 0 heterocycles. The third-order valence-electron chi connectivity index (χ3n) is 5.08. The molecule has 1 atom stereocenters. The molecule has 1 fully saturated rings. The van der Waals surface area contributed by atoms with Crippen molar-refractivity contribution in [2.75, 3.05) is 20.3 Å². The summed E-state index contributed by atoms with van der Waals surface area (Å²) in [5.74, 6) is 0.562. The maximum absolute atomic E-state index is 11.9. The Bertz CT molecular complexity index is 413. The van der Waals surface area contributed by atoms with E-state index in [-0.39, 0.29) is 18.4 Å². The van der Waals surface area contributed by atoms with Crippen molar-refractivity contribution in [2.45, 2.75) is 89.9 Å². The Labute approximate surface area is 159 Å². The standard InChI is InChI=1S/C19H38NO5P/c1-24-26(22,23)25-17-13-9-7-5-3-2-4-6-8-12-16-20-19(21)18-14-10-11-15-18/h18H,2-17H2,1H3,(H,20,21)(H,22,23). The van der Waals surface area contributed by atoms with Crippen LogP contribution in [-0.2, 0) is 18.4 Å². The van der Waals surface area contributed by atoms with Gasteiger partial charge in [0.2, 0.25) is 5.91 Å². The highest BCUT2D eigenvalue weighted by Gasteiger charge is 2.21. The summed E-state index contributed by atoms with van der Waals surface area (Å²) >= 11 is 0. The molecule has 0 bridgehead atoms. The Balaban J connectivity index is 1.75. The first-order chi connectivity index (χ1) is 12.5. The second-order valence-electron chi connectivity index (χ2n) is 7.29. The van der Waals surface area contributed by atoms with Gasteiger partial charge in [-0.2, -0.15) is 0 Å². The minimum atomic E-state index is -3.79. The molecule has 1 aliphatic rings. The van der Waals surface area contributed by atoms with E-state index in [0.29, 0.717) is 0 Å². The average molecular weight is 391 g/mol.